The minimum atomic E-state index is -2.23. The Kier molecular flexibility index (Phi) is 3.23. The van der Waals surface area contributed by atoms with Crippen LogP contribution < -0.4 is 0 Å². The van der Waals surface area contributed by atoms with Crippen LogP contribution in [0.25, 0.3) is 0 Å². The van der Waals surface area contributed by atoms with E-state index in [1.807, 2.05) is 0 Å². The van der Waals surface area contributed by atoms with Gasteiger partial charge in [0, 0.05) is 12.5 Å². The zero-order valence-corrected chi connectivity index (χ0v) is 8.30. The molecule has 0 saturated heterocycles. The third kappa shape index (κ3) is 2.52. The first-order chi connectivity index (χ1) is 7.24. The maximum Gasteiger partial charge on any atom is 0.335 e. The first kappa shape index (κ1) is 12.5. The second-order valence-electron chi connectivity index (χ2n) is 3.61. The monoisotopic (exact) mass is 234 g/mol. The molecule has 1 aromatic rings. The molecule has 0 heterocycles. The number of hydrogen-bond acceptors (Lipinski definition) is 2. The molecule has 0 radical (unpaired) electrons. The lowest BCUT2D eigenvalue weighted by Crippen LogP contribution is -2.37. The number of carboxylic acid groups (broad SMARTS) is 1. The van der Waals surface area contributed by atoms with Crippen molar-refractivity contribution in [1.29, 1.82) is 0 Å². The predicted octanol–water partition coefficient (Wildman–Crippen LogP) is 1.48. The maximum absolute atomic E-state index is 13.1. The van der Waals surface area contributed by atoms with E-state index in [1.165, 1.54) is 0 Å². The summed E-state index contributed by atoms with van der Waals surface area (Å²) in [5.74, 6) is -5.33. The molecule has 1 atom stereocenters. The number of aliphatic carboxylic acids is 1. The van der Waals surface area contributed by atoms with Gasteiger partial charge in [-0.25, -0.2) is 18.0 Å². The van der Waals surface area contributed by atoms with E-state index in [-0.39, 0.29) is 0 Å². The highest BCUT2D eigenvalue weighted by Gasteiger charge is 2.31. The van der Waals surface area contributed by atoms with Crippen LogP contribution in [0.15, 0.2) is 12.1 Å². The highest BCUT2D eigenvalue weighted by molar-refractivity contribution is 5.76. The molecule has 6 heteroatoms. The molecule has 0 aliphatic heterocycles. The average Bonchev–Trinajstić information content (AvgIpc) is 2.13. The molecule has 16 heavy (non-hydrogen) atoms. The molecule has 0 aliphatic carbocycles. The molecule has 0 saturated carbocycles. The van der Waals surface area contributed by atoms with Gasteiger partial charge in [-0.1, -0.05) is 0 Å². The topological polar surface area (TPSA) is 57.5 Å². The zero-order chi connectivity index (χ0) is 12.5. The number of rotatable bonds is 3. The zero-order valence-electron chi connectivity index (χ0n) is 8.30. The van der Waals surface area contributed by atoms with Crippen LogP contribution in [-0.4, -0.2) is 21.8 Å². The highest BCUT2D eigenvalue weighted by Crippen LogP contribution is 2.19. The van der Waals surface area contributed by atoms with Crippen molar-refractivity contribution in [3.05, 3.63) is 35.1 Å². The van der Waals surface area contributed by atoms with E-state index in [4.69, 9.17) is 5.11 Å². The van der Waals surface area contributed by atoms with Crippen LogP contribution in [-0.2, 0) is 11.2 Å². The molecule has 88 valence electrons. The Labute approximate surface area is 89.1 Å². The number of halogens is 3. The van der Waals surface area contributed by atoms with Gasteiger partial charge in [0.05, 0.1) is 0 Å². The van der Waals surface area contributed by atoms with E-state index in [0.29, 0.717) is 12.1 Å². The number of carbonyl (C=O) groups is 1. The lowest BCUT2D eigenvalue weighted by molar-refractivity contribution is -0.156. The molecule has 1 rings (SSSR count). The van der Waals surface area contributed by atoms with Crippen molar-refractivity contribution in [2.24, 2.45) is 0 Å². The second-order valence-corrected chi connectivity index (χ2v) is 3.61. The molecule has 0 aliphatic rings. The molecular weight excluding hydrogens is 225 g/mol. The Balaban J connectivity index is 3.07. The first-order valence-corrected chi connectivity index (χ1v) is 4.33. The van der Waals surface area contributed by atoms with Gasteiger partial charge in [-0.2, -0.15) is 0 Å². The molecule has 0 amide bonds. The lowest BCUT2D eigenvalue weighted by Gasteiger charge is -2.18. The summed E-state index contributed by atoms with van der Waals surface area (Å²) in [6.45, 7) is 0.941. The Bertz CT molecular complexity index is 430. The summed E-state index contributed by atoms with van der Waals surface area (Å²) in [5, 5.41) is 17.9. The summed E-state index contributed by atoms with van der Waals surface area (Å²) in [6.07, 6.45) is -0.647. The normalized spacial score (nSPS) is 14.6. The molecule has 3 nitrogen and oxygen atoms in total. The van der Waals surface area contributed by atoms with Crippen molar-refractivity contribution in [3.63, 3.8) is 0 Å². The molecule has 1 aromatic carbocycles. The largest absolute Gasteiger partial charge is 0.479 e. The van der Waals surface area contributed by atoms with Crippen LogP contribution in [0, 0.1) is 17.5 Å². The van der Waals surface area contributed by atoms with Crippen LogP contribution in [0.2, 0.25) is 0 Å². The van der Waals surface area contributed by atoms with Crippen LogP contribution in [0.1, 0.15) is 12.5 Å². The van der Waals surface area contributed by atoms with E-state index in [2.05, 4.69) is 0 Å². The fourth-order valence-corrected chi connectivity index (χ4v) is 1.15. The van der Waals surface area contributed by atoms with Gasteiger partial charge in [-0.15, -0.1) is 0 Å². The highest BCUT2D eigenvalue weighted by atomic mass is 19.2. The molecule has 0 fully saturated rings. The molecule has 0 bridgehead atoms. The quantitative estimate of drug-likeness (QED) is 0.779. The van der Waals surface area contributed by atoms with Crippen molar-refractivity contribution in [3.8, 4) is 0 Å². The molecular formula is C10H9F3O3. The SMILES string of the molecule is CC(O)(Cc1cc(F)c(F)cc1F)C(=O)O. The number of aliphatic hydroxyl groups is 1. The van der Waals surface area contributed by atoms with E-state index >= 15 is 0 Å². The van der Waals surface area contributed by atoms with Gasteiger partial charge >= 0.3 is 5.97 Å². The van der Waals surface area contributed by atoms with Gasteiger partial charge in [-0.05, 0) is 18.6 Å². The van der Waals surface area contributed by atoms with Gasteiger partial charge in [0.15, 0.2) is 17.2 Å². The summed E-state index contributed by atoms with van der Waals surface area (Å²) < 4.78 is 38.4. The summed E-state index contributed by atoms with van der Waals surface area (Å²) >= 11 is 0. The van der Waals surface area contributed by atoms with Gasteiger partial charge in [0.25, 0.3) is 0 Å². The molecule has 0 aromatic heterocycles. The summed E-state index contributed by atoms with van der Waals surface area (Å²) in [6, 6.07) is 0.838. The Morgan fingerprint density at radius 2 is 1.75 bits per heavy atom. The van der Waals surface area contributed by atoms with Crippen LogP contribution in [0.4, 0.5) is 13.2 Å². The van der Waals surface area contributed by atoms with Gasteiger partial charge in [-0.3, -0.25) is 0 Å². The van der Waals surface area contributed by atoms with E-state index < -0.39 is 41.0 Å². The van der Waals surface area contributed by atoms with Crippen molar-refractivity contribution in [2.75, 3.05) is 0 Å². The minimum Gasteiger partial charge on any atom is -0.479 e. The van der Waals surface area contributed by atoms with Crippen molar-refractivity contribution in [2.45, 2.75) is 18.9 Å². The van der Waals surface area contributed by atoms with E-state index in [0.717, 1.165) is 6.92 Å². The summed E-state index contributed by atoms with van der Waals surface area (Å²) in [5.41, 5.74) is -2.63. The Hall–Kier alpha value is -1.56. The Morgan fingerprint density at radius 3 is 2.25 bits per heavy atom. The number of carboxylic acids is 1. The first-order valence-electron chi connectivity index (χ1n) is 4.33. The van der Waals surface area contributed by atoms with Crippen molar-refractivity contribution < 1.29 is 28.2 Å². The van der Waals surface area contributed by atoms with Crippen LogP contribution in [0.5, 0.6) is 0 Å². The summed E-state index contributed by atoms with van der Waals surface area (Å²) in [4.78, 5) is 10.5. The van der Waals surface area contributed by atoms with Gasteiger partial charge < -0.3 is 10.2 Å². The predicted molar refractivity (Wildman–Crippen MR) is 48.3 cm³/mol. The lowest BCUT2D eigenvalue weighted by atomic mass is 9.96. The smallest absolute Gasteiger partial charge is 0.335 e. The molecule has 2 N–H and O–H groups in total. The minimum absolute atomic E-state index is 0.308. The van der Waals surface area contributed by atoms with Crippen molar-refractivity contribution >= 4 is 5.97 Å². The van der Waals surface area contributed by atoms with E-state index in [1.54, 1.807) is 0 Å². The fraction of sp³-hybridized carbons (Fsp3) is 0.300. The van der Waals surface area contributed by atoms with Crippen LogP contribution >= 0.6 is 0 Å². The average molecular weight is 234 g/mol. The van der Waals surface area contributed by atoms with Crippen molar-refractivity contribution in [1.82, 2.24) is 0 Å². The summed E-state index contributed by atoms with van der Waals surface area (Å²) in [7, 11) is 0. The standard InChI is InChI=1S/C10H9F3O3/c1-10(16,9(14)15)4-5-2-7(12)8(13)3-6(5)11/h2-3,16H,4H2,1H3,(H,14,15). The molecule has 0 spiro atoms. The van der Waals surface area contributed by atoms with Crippen LogP contribution in [0.3, 0.4) is 0 Å². The number of hydrogen-bond donors (Lipinski definition) is 2. The third-order valence-electron chi connectivity index (χ3n) is 2.08. The maximum atomic E-state index is 13.1. The fourth-order valence-electron chi connectivity index (χ4n) is 1.15. The number of benzene rings is 1. The third-order valence-corrected chi connectivity index (χ3v) is 2.08. The second kappa shape index (κ2) is 4.13. The Morgan fingerprint density at radius 1 is 1.25 bits per heavy atom. The van der Waals surface area contributed by atoms with Gasteiger partial charge in [0.1, 0.15) is 5.82 Å². The van der Waals surface area contributed by atoms with Gasteiger partial charge in [0.2, 0.25) is 0 Å². The molecule has 1 unspecified atom stereocenters. The van der Waals surface area contributed by atoms with E-state index in [9.17, 15) is 23.1 Å².